The minimum atomic E-state index is -0.247. The largest absolute Gasteiger partial charge is 0.425 e. The van der Waals surface area contributed by atoms with Crippen LogP contribution in [-0.4, -0.2) is 10.2 Å². The lowest BCUT2D eigenvalue weighted by Gasteiger charge is -1.95. The first-order valence-electron chi connectivity index (χ1n) is 4.63. The molecule has 0 bridgehead atoms. The first-order chi connectivity index (χ1) is 7.28. The summed E-state index contributed by atoms with van der Waals surface area (Å²) in [5.41, 5.74) is 0.940. The average Bonchev–Trinajstić information content (AvgIpc) is 2.69. The maximum absolute atomic E-state index is 12.6. The van der Waals surface area contributed by atoms with Crippen LogP contribution in [0.4, 0.5) is 4.39 Å². The normalized spacial score (nSPS) is 10.5. The van der Waals surface area contributed by atoms with Crippen molar-refractivity contribution in [2.24, 2.45) is 0 Å². The molecule has 0 unspecified atom stereocenters. The number of benzene rings is 1. The lowest BCUT2D eigenvalue weighted by Crippen LogP contribution is -1.88. The molecule has 0 fully saturated rings. The third-order valence-electron chi connectivity index (χ3n) is 1.99. The van der Waals surface area contributed by atoms with E-state index in [1.165, 1.54) is 12.1 Å². The topological polar surface area (TPSA) is 38.9 Å². The monoisotopic (exact) mass is 205 g/mol. The maximum atomic E-state index is 12.6. The van der Waals surface area contributed by atoms with E-state index < -0.39 is 0 Å². The summed E-state index contributed by atoms with van der Waals surface area (Å²) in [6, 6.07) is 6.22. The van der Waals surface area contributed by atoms with Gasteiger partial charge >= 0.3 is 0 Å². The zero-order valence-electron chi connectivity index (χ0n) is 8.11. The van der Waals surface area contributed by atoms with Gasteiger partial charge in [0.1, 0.15) is 5.82 Å². The van der Waals surface area contributed by atoms with Gasteiger partial charge in [0.25, 0.3) is 0 Å². The van der Waals surface area contributed by atoms with Crippen LogP contribution in [0.2, 0.25) is 0 Å². The van der Waals surface area contributed by atoms with E-state index in [9.17, 15) is 4.39 Å². The summed E-state index contributed by atoms with van der Waals surface area (Å²) in [7, 11) is 0. The highest BCUT2D eigenvalue weighted by Crippen LogP contribution is 2.09. The Labute approximate surface area is 87.0 Å². The number of aromatic nitrogens is 2. The fourth-order valence-corrected chi connectivity index (χ4v) is 1.24. The third kappa shape index (κ3) is 2.40. The molecule has 0 aliphatic heterocycles. The summed E-state index contributed by atoms with van der Waals surface area (Å²) < 4.78 is 17.9. The minimum absolute atomic E-state index is 0.247. The van der Waals surface area contributed by atoms with Crippen molar-refractivity contribution in [2.75, 3.05) is 0 Å². The predicted molar refractivity (Wildman–Crippen MR) is 52.6 cm³/mol. The van der Waals surface area contributed by atoms with Gasteiger partial charge < -0.3 is 4.42 Å². The van der Waals surface area contributed by atoms with Crippen LogP contribution in [-0.2, 0) is 12.8 Å². The van der Waals surface area contributed by atoms with Gasteiger partial charge in [-0.25, -0.2) is 4.39 Å². The Morgan fingerprint density at radius 3 is 2.40 bits per heavy atom. The maximum Gasteiger partial charge on any atom is 0.220 e. The van der Waals surface area contributed by atoms with Gasteiger partial charge in [-0.15, -0.1) is 10.2 Å². The standard InChI is InChI=1S/C11H10FN2O/c1-2-10-13-14-11(15-10)7-8-3-5-9(12)6-4-8/h3-6H,1-2,7H2. The number of rotatable bonds is 3. The molecule has 15 heavy (non-hydrogen) atoms. The van der Waals surface area contributed by atoms with E-state index in [-0.39, 0.29) is 5.82 Å². The molecule has 0 saturated carbocycles. The Bertz CT molecular complexity index is 436. The molecule has 1 radical (unpaired) electrons. The van der Waals surface area contributed by atoms with Gasteiger partial charge in [0, 0.05) is 6.42 Å². The molecule has 2 aromatic rings. The van der Waals surface area contributed by atoms with Crippen molar-refractivity contribution in [3.8, 4) is 0 Å². The van der Waals surface area contributed by atoms with Crippen molar-refractivity contribution in [2.45, 2.75) is 12.8 Å². The molecule has 1 aromatic carbocycles. The lowest BCUT2D eigenvalue weighted by molar-refractivity contribution is 0.467. The van der Waals surface area contributed by atoms with Crippen LogP contribution in [0, 0.1) is 12.7 Å². The van der Waals surface area contributed by atoms with Gasteiger partial charge in [0.15, 0.2) is 0 Å². The second kappa shape index (κ2) is 4.21. The first-order valence-corrected chi connectivity index (χ1v) is 4.63. The molecular weight excluding hydrogens is 195 g/mol. The highest BCUT2D eigenvalue weighted by atomic mass is 19.1. The number of halogens is 1. The van der Waals surface area contributed by atoms with Gasteiger partial charge in [-0.3, -0.25) is 0 Å². The van der Waals surface area contributed by atoms with Gasteiger partial charge in [-0.1, -0.05) is 12.1 Å². The SMILES string of the molecule is [CH2]Cc1nnc(Cc2ccc(F)cc2)o1. The zero-order chi connectivity index (χ0) is 10.7. The molecule has 0 aliphatic carbocycles. The molecule has 2 rings (SSSR count). The van der Waals surface area contributed by atoms with Crippen LogP contribution in [0.25, 0.3) is 0 Å². The Balaban J connectivity index is 2.11. The predicted octanol–water partition coefficient (Wildman–Crippen LogP) is 2.18. The van der Waals surface area contributed by atoms with Crippen LogP contribution in [0.15, 0.2) is 28.7 Å². The van der Waals surface area contributed by atoms with Crippen LogP contribution in [0.3, 0.4) is 0 Å². The summed E-state index contributed by atoms with van der Waals surface area (Å²) in [5.74, 6) is 0.801. The number of hydrogen-bond acceptors (Lipinski definition) is 3. The van der Waals surface area contributed by atoms with Crippen molar-refractivity contribution < 1.29 is 8.81 Å². The number of hydrogen-bond donors (Lipinski definition) is 0. The Kier molecular flexibility index (Phi) is 2.76. The molecule has 0 N–H and O–H groups in total. The molecule has 0 spiro atoms. The number of nitrogens with zero attached hydrogens (tertiary/aromatic N) is 2. The van der Waals surface area contributed by atoms with E-state index >= 15 is 0 Å². The second-order valence-corrected chi connectivity index (χ2v) is 3.14. The molecule has 4 heteroatoms. The summed E-state index contributed by atoms with van der Waals surface area (Å²) >= 11 is 0. The fourth-order valence-electron chi connectivity index (χ4n) is 1.24. The van der Waals surface area contributed by atoms with E-state index in [1.807, 2.05) is 0 Å². The van der Waals surface area contributed by atoms with Crippen molar-refractivity contribution >= 4 is 0 Å². The van der Waals surface area contributed by atoms with Gasteiger partial charge in [0.05, 0.1) is 6.42 Å². The Hall–Kier alpha value is -1.71. The van der Waals surface area contributed by atoms with E-state index in [2.05, 4.69) is 17.1 Å². The van der Waals surface area contributed by atoms with E-state index in [1.54, 1.807) is 12.1 Å². The minimum Gasteiger partial charge on any atom is -0.425 e. The summed E-state index contributed by atoms with van der Waals surface area (Å²) in [6.07, 6.45) is 1.00. The smallest absolute Gasteiger partial charge is 0.220 e. The van der Waals surface area contributed by atoms with Gasteiger partial charge in [-0.05, 0) is 24.6 Å². The molecular formula is C11H10FN2O. The van der Waals surface area contributed by atoms with Crippen molar-refractivity contribution in [3.05, 3.63) is 54.4 Å². The summed E-state index contributed by atoms with van der Waals surface area (Å²) in [4.78, 5) is 0. The summed E-state index contributed by atoms with van der Waals surface area (Å²) in [5, 5.41) is 7.65. The Morgan fingerprint density at radius 2 is 1.80 bits per heavy atom. The molecule has 0 amide bonds. The molecule has 1 heterocycles. The van der Waals surface area contributed by atoms with Crippen LogP contribution >= 0.6 is 0 Å². The Morgan fingerprint density at radius 1 is 1.13 bits per heavy atom. The molecule has 1 aromatic heterocycles. The molecule has 3 nitrogen and oxygen atoms in total. The quantitative estimate of drug-likeness (QED) is 0.770. The van der Waals surface area contributed by atoms with E-state index in [4.69, 9.17) is 4.42 Å². The van der Waals surface area contributed by atoms with Crippen molar-refractivity contribution in [3.63, 3.8) is 0 Å². The van der Waals surface area contributed by atoms with E-state index in [0.717, 1.165) is 5.56 Å². The van der Waals surface area contributed by atoms with Crippen LogP contribution in [0.5, 0.6) is 0 Å². The van der Waals surface area contributed by atoms with Gasteiger partial charge in [-0.2, -0.15) is 0 Å². The van der Waals surface area contributed by atoms with Crippen LogP contribution in [0.1, 0.15) is 17.3 Å². The van der Waals surface area contributed by atoms with Crippen LogP contribution < -0.4 is 0 Å². The first kappa shape index (κ1) is 9.83. The molecule has 0 aliphatic rings. The van der Waals surface area contributed by atoms with Crippen molar-refractivity contribution in [1.82, 2.24) is 10.2 Å². The van der Waals surface area contributed by atoms with E-state index in [0.29, 0.717) is 24.6 Å². The second-order valence-electron chi connectivity index (χ2n) is 3.14. The van der Waals surface area contributed by atoms with Gasteiger partial charge in [0.2, 0.25) is 11.8 Å². The average molecular weight is 205 g/mol. The highest BCUT2D eigenvalue weighted by Gasteiger charge is 2.05. The lowest BCUT2D eigenvalue weighted by atomic mass is 10.1. The zero-order valence-corrected chi connectivity index (χ0v) is 8.11. The summed E-state index contributed by atoms with van der Waals surface area (Å²) in [6.45, 7) is 3.64. The molecule has 0 atom stereocenters. The molecule has 77 valence electrons. The molecule has 0 saturated heterocycles. The van der Waals surface area contributed by atoms with Crippen molar-refractivity contribution in [1.29, 1.82) is 0 Å². The highest BCUT2D eigenvalue weighted by molar-refractivity contribution is 5.18. The fraction of sp³-hybridized carbons (Fsp3) is 0.182. The third-order valence-corrected chi connectivity index (χ3v) is 1.99.